The second-order valence-electron chi connectivity index (χ2n) is 5.22. The Kier molecular flexibility index (Phi) is 4.27. The molecule has 2 aromatic heterocycles. The van der Waals surface area contributed by atoms with E-state index in [9.17, 15) is 0 Å². The maximum absolute atomic E-state index is 4.83. The summed E-state index contributed by atoms with van der Waals surface area (Å²) in [6.45, 7) is 2.33. The first-order valence-electron chi connectivity index (χ1n) is 7.10. The fraction of sp³-hybridized carbons (Fsp3) is 0.235. The van der Waals surface area contributed by atoms with Gasteiger partial charge in [-0.05, 0) is 36.4 Å². The molecule has 4 rings (SSSR count). The van der Waals surface area contributed by atoms with Gasteiger partial charge >= 0.3 is 0 Å². The van der Waals surface area contributed by atoms with Crippen LogP contribution in [0.5, 0.6) is 0 Å². The van der Waals surface area contributed by atoms with Gasteiger partial charge in [0.15, 0.2) is 0 Å². The summed E-state index contributed by atoms with van der Waals surface area (Å²) in [6, 6.07) is 15.0. The van der Waals surface area contributed by atoms with Gasteiger partial charge in [0.05, 0.1) is 16.1 Å². The van der Waals surface area contributed by atoms with Crippen molar-refractivity contribution in [2.24, 2.45) is 0 Å². The summed E-state index contributed by atoms with van der Waals surface area (Å²) in [7, 11) is 0. The van der Waals surface area contributed by atoms with Crippen molar-refractivity contribution in [3.63, 3.8) is 0 Å². The zero-order valence-electron chi connectivity index (χ0n) is 11.7. The van der Waals surface area contributed by atoms with Crippen LogP contribution in [0.3, 0.4) is 0 Å². The predicted molar refractivity (Wildman–Crippen MR) is 96.8 cm³/mol. The first-order chi connectivity index (χ1) is 9.92. The molecule has 1 saturated heterocycles. The van der Waals surface area contributed by atoms with Crippen LogP contribution in [0.15, 0.2) is 47.8 Å². The van der Waals surface area contributed by atoms with Gasteiger partial charge < -0.3 is 4.90 Å². The van der Waals surface area contributed by atoms with Crippen LogP contribution in [-0.2, 0) is 0 Å². The topological polar surface area (TPSA) is 16.1 Å². The Morgan fingerprint density at radius 2 is 1.81 bits per heavy atom. The molecule has 2 nitrogen and oxygen atoms in total. The molecule has 3 heterocycles. The highest BCUT2D eigenvalue weighted by atomic mass is 79.9. The second kappa shape index (κ2) is 6.16. The van der Waals surface area contributed by atoms with Crippen LogP contribution in [0.25, 0.3) is 21.5 Å². The molecule has 21 heavy (non-hydrogen) atoms. The van der Waals surface area contributed by atoms with Crippen LogP contribution in [0.4, 0.5) is 5.69 Å². The molecule has 0 saturated carbocycles. The Hall–Kier alpha value is -1.39. The average molecular weight is 361 g/mol. The SMILES string of the molecule is Br.c1csc(-c2cc(N3CCCC3)c3ccccc3n2)c1. The number of hydrogen-bond acceptors (Lipinski definition) is 3. The van der Waals surface area contributed by atoms with Crippen LogP contribution in [0.1, 0.15) is 12.8 Å². The van der Waals surface area contributed by atoms with E-state index >= 15 is 0 Å². The molecule has 0 aliphatic carbocycles. The summed E-state index contributed by atoms with van der Waals surface area (Å²) in [4.78, 5) is 8.58. The van der Waals surface area contributed by atoms with Crippen molar-refractivity contribution in [2.75, 3.05) is 18.0 Å². The van der Waals surface area contributed by atoms with Gasteiger partial charge in [0.25, 0.3) is 0 Å². The van der Waals surface area contributed by atoms with E-state index in [4.69, 9.17) is 4.98 Å². The molecule has 0 amide bonds. The molecule has 1 fully saturated rings. The number of rotatable bonds is 2. The maximum atomic E-state index is 4.83. The fourth-order valence-electron chi connectivity index (χ4n) is 2.93. The Bertz CT molecular complexity index is 734. The van der Waals surface area contributed by atoms with E-state index in [0.29, 0.717) is 0 Å². The summed E-state index contributed by atoms with van der Waals surface area (Å²) in [6.07, 6.45) is 2.59. The van der Waals surface area contributed by atoms with Crippen molar-refractivity contribution >= 4 is 44.9 Å². The van der Waals surface area contributed by atoms with E-state index in [0.717, 1.165) is 24.3 Å². The Labute approximate surface area is 139 Å². The predicted octanol–water partition coefficient (Wildman–Crippen LogP) is 5.14. The average Bonchev–Trinajstić information content (AvgIpc) is 3.19. The third kappa shape index (κ3) is 2.70. The third-order valence-electron chi connectivity index (χ3n) is 3.91. The highest BCUT2D eigenvalue weighted by Crippen LogP contribution is 2.33. The van der Waals surface area contributed by atoms with Crippen LogP contribution < -0.4 is 4.90 Å². The number of fused-ring (bicyclic) bond motifs is 1. The quantitative estimate of drug-likeness (QED) is 0.628. The minimum Gasteiger partial charge on any atom is -0.371 e. The summed E-state index contributed by atoms with van der Waals surface area (Å²) in [5, 5.41) is 3.39. The molecule has 1 aromatic carbocycles. The van der Waals surface area contributed by atoms with Gasteiger partial charge in [-0.15, -0.1) is 28.3 Å². The lowest BCUT2D eigenvalue weighted by atomic mass is 10.1. The van der Waals surface area contributed by atoms with Gasteiger partial charge in [-0.25, -0.2) is 4.98 Å². The Morgan fingerprint density at radius 3 is 2.57 bits per heavy atom. The van der Waals surface area contributed by atoms with Crippen LogP contribution in [0, 0.1) is 0 Å². The van der Waals surface area contributed by atoms with Crippen LogP contribution >= 0.6 is 28.3 Å². The number of hydrogen-bond donors (Lipinski definition) is 0. The molecule has 4 heteroatoms. The fourth-order valence-corrected chi connectivity index (χ4v) is 3.61. The van der Waals surface area contributed by atoms with Gasteiger partial charge in [-0.2, -0.15) is 0 Å². The van der Waals surface area contributed by atoms with Crippen molar-refractivity contribution in [1.82, 2.24) is 4.98 Å². The van der Waals surface area contributed by atoms with E-state index in [-0.39, 0.29) is 17.0 Å². The third-order valence-corrected chi connectivity index (χ3v) is 4.81. The Morgan fingerprint density at radius 1 is 1.00 bits per heavy atom. The molecule has 1 aliphatic rings. The molecular formula is C17H17BrN2S. The lowest BCUT2D eigenvalue weighted by Gasteiger charge is -2.20. The van der Waals surface area contributed by atoms with Crippen LogP contribution in [0.2, 0.25) is 0 Å². The highest BCUT2D eigenvalue weighted by Gasteiger charge is 2.17. The molecule has 0 bridgehead atoms. The van der Waals surface area contributed by atoms with E-state index in [1.54, 1.807) is 11.3 Å². The highest BCUT2D eigenvalue weighted by molar-refractivity contribution is 8.93. The molecule has 0 spiro atoms. The van der Waals surface area contributed by atoms with E-state index < -0.39 is 0 Å². The van der Waals surface area contributed by atoms with Gasteiger partial charge in [0, 0.05) is 24.2 Å². The maximum Gasteiger partial charge on any atom is 0.0830 e. The Balaban J connectivity index is 0.00000132. The molecular weight excluding hydrogens is 344 g/mol. The van der Waals surface area contributed by atoms with Crippen molar-refractivity contribution in [3.05, 3.63) is 47.8 Å². The van der Waals surface area contributed by atoms with Crippen molar-refractivity contribution < 1.29 is 0 Å². The normalized spacial score (nSPS) is 14.4. The second-order valence-corrected chi connectivity index (χ2v) is 6.16. The smallest absolute Gasteiger partial charge is 0.0830 e. The largest absolute Gasteiger partial charge is 0.371 e. The number of pyridine rings is 1. The van der Waals surface area contributed by atoms with Crippen molar-refractivity contribution in [1.29, 1.82) is 0 Å². The van der Waals surface area contributed by atoms with E-state index in [1.165, 1.54) is 28.8 Å². The monoisotopic (exact) mass is 360 g/mol. The van der Waals surface area contributed by atoms with Crippen molar-refractivity contribution in [2.45, 2.75) is 12.8 Å². The number of benzene rings is 1. The molecule has 0 radical (unpaired) electrons. The molecule has 108 valence electrons. The minimum absolute atomic E-state index is 0. The minimum atomic E-state index is 0. The van der Waals surface area contributed by atoms with Gasteiger partial charge in [0.2, 0.25) is 0 Å². The van der Waals surface area contributed by atoms with Gasteiger partial charge in [0.1, 0.15) is 0 Å². The molecule has 0 N–H and O–H groups in total. The number of para-hydroxylation sites is 1. The lowest BCUT2D eigenvalue weighted by Crippen LogP contribution is -2.18. The first kappa shape index (κ1) is 14.5. The summed E-state index contributed by atoms with van der Waals surface area (Å²) < 4.78 is 0. The lowest BCUT2D eigenvalue weighted by molar-refractivity contribution is 0.949. The molecule has 3 aromatic rings. The van der Waals surface area contributed by atoms with Gasteiger partial charge in [-0.1, -0.05) is 24.3 Å². The summed E-state index contributed by atoms with van der Waals surface area (Å²) in [5.41, 5.74) is 3.54. The number of anilines is 1. The van der Waals surface area contributed by atoms with Crippen LogP contribution in [-0.4, -0.2) is 18.1 Å². The van der Waals surface area contributed by atoms with Crippen molar-refractivity contribution in [3.8, 4) is 10.6 Å². The number of halogens is 1. The summed E-state index contributed by atoms with van der Waals surface area (Å²) >= 11 is 1.75. The standard InChI is InChI=1S/C17H16N2S.BrH/c1-2-7-14-13(6-1)16(19-9-3-4-10-19)12-15(18-14)17-8-5-11-20-17;/h1-2,5-8,11-12H,3-4,9-10H2;1H. The zero-order valence-corrected chi connectivity index (χ0v) is 14.2. The van der Waals surface area contributed by atoms with E-state index in [1.807, 2.05) is 0 Å². The van der Waals surface area contributed by atoms with Gasteiger partial charge in [-0.3, -0.25) is 0 Å². The zero-order chi connectivity index (χ0) is 13.4. The number of thiophene rings is 1. The first-order valence-corrected chi connectivity index (χ1v) is 7.98. The van der Waals surface area contributed by atoms with E-state index in [2.05, 4.69) is 52.7 Å². The molecule has 0 atom stereocenters. The number of aromatic nitrogens is 1. The molecule has 0 unspecified atom stereocenters. The molecule has 1 aliphatic heterocycles. The summed E-state index contributed by atoms with van der Waals surface area (Å²) in [5.74, 6) is 0. The number of nitrogens with zero attached hydrogens (tertiary/aromatic N) is 2.